The lowest BCUT2D eigenvalue weighted by atomic mass is 10.5. The van der Waals surface area contributed by atoms with Crippen LogP contribution in [0.1, 0.15) is 6.42 Å². The molecule has 0 aliphatic heterocycles. The SMILES string of the molecule is O=S(=O)(Cl)CCC(F)(F)Br. The molecule has 0 heterocycles. The average Bonchev–Trinajstić information content (AvgIpc) is 1.57. The zero-order chi connectivity index (χ0) is 8.41. The first kappa shape index (κ1) is 10.6. The standard InChI is InChI=1S/C3H4BrClF2O2S/c4-3(6,7)1-2-10(5,8)9/h1-2H2. The van der Waals surface area contributed by atoms with Crippen molar-refractivity contribution in [1.82, 2.24) is 0 Å². The molecule has 0 aromatic heterocycles. The summed E-state index contributed by atoms with van der Waals surface area (Å²) >= 11 is 1.97. The summed E-state index contributed by atoms with van der Waals surface area (Å²) in [6, 6.07) is 0. The molecule has 0 saturated heterocycles. The van der Waals surface area contributed by atoms with Crippen LogP contribution in [0, 0.1) is 0 Å². The minimum Gasteiger partial charge on any atom is -0.212 e. The molecule has 2 nitrogen and oxygen atoms in total. The van der Waals surface area contributed by atoms with Crippen molar-refractivity contribution >= 4 is 35.7 Å². The van der Waals surface area contributed by atoms with Crippen molar-refractivity contribution in [3.8, 4) is 0 Å². The third-order valence-electron chi connectivity index (χ3n) is 0.629. The van der Waals surface area contributed by atoms with Gasteiger partial charge in [-0.2, -0.15) is 8.78 Å². The summed E-state index contributed by atoms with van der Waals surface area (Å²) < 4.78 is 43.9. The van der Waals surface area contributed by atoms with E-state index in [-0.39, 0.29) is 0 Å². The van der Waals surface area contributed by atoms with Crippen LogP contribution in [0.3, 0.4) is 0 Å². The molecular weight excluding hydrogens is 253 g/mol. The molecule has 0 aliphatic rings. The van der Waals surface area contributed by atoms with Crippen LogP contribution in [0.25, 0.3) is 0 Å². The lowest BCUT2D eigenvalue weighted by Crippen LogP contribution is -2.10. The molecule has 0 saturated carbocycles. The number of alkyl halides is 3. The normalized spacial score (nSPS) is 13.6. The number of rotatable bonds is 3. The van der Waals surface area contributed by atoms with E-state index in [1.165, 1.54) is 0 Å². The minimum absolute atomic E-state index is 0.729. The monoisotopic (exact) mass is 256 g/mol. The Morgan fingerprint density at radius 1 is 1.50 bits per heavy atom. The van der Waals surface area contributed by atoms with E-state index in [1.807, 2.05) is 15.9 Å². The molecule has 0 rings (SSSR count). The van der Waals surface area contributed by atoms with E-state index < -0.39 is 26.1 Å². The van der Waals surface area contributed by atoms with Crippen molar-refractivity contribution in [2.45, 2.75) is 11.3 Å². The van der Waals surface area contributed by atoms with Crippen LogP contribution in [-0.2, 0) is 9.05 Å². The fraction of sp³-hybridized carbons (Fsp3) is 1.00. The Labute approximate surface area is 70.1 Å². The van der Waals surface area contributed by atoms with Crippen molar-refractivity contribution in [1.29, 1.82) is 0 Å². The Kier molecular flexibility index (Phi) is 3.51. The maximum absolute atomic E-state index is 11.8. The molecule has 7 heteroatoms. The van der Waals surface area contributed by atoms with E-state index in [2.05, 4.69) is 10.7 Å². The molecule has 62 valence electrons. The van der Waals surface area contributed by atoms with E-state index in [0.29, 0.717) is 0 Å². The molecular formula is C3H4BrClF2O2S. The Morgan fingerprint density at radius 2 is 1.90 bits per heavy atom. The van der Waals surface area contributed by atoms with Gasteiger partial charge in [-0.15, -0.1) is 0 Å². The van der Waals surface area contributed by atoms with Gasteiger partial charge in [-0.25, -0.2) is 8.42 Å². The molecule has 0 bridgehead atoms. The second-order valence-corrected chi connectivity index (χ2v) is 5.66. The topological polar surface area (TPSA) is 34.1 Å². The van der Waals surface area contributed by atoms with Crippen LogP contribution in [0.5, 0.6) is 0 Å². The van der Waals surface area contributed by atoms with Crippen molar-refractivity contribution in [2.24, 2.45) is 0 Å². The van der Waals surface area contributed by atoms with Crippen LogP contribution >= 0.6 is 26.6 Å². The van der Waals surface area contributed by atoms with Gasteiger partial charge in [-0.1, -0.05) is 0 Å². The van der Waals surface area contributed by atoms with Gasteiger partial charge in [-0.05, 0) is 15.9 Å². The largest absolute Gasteiger partial charge is 0.302 e. The summed E-state index contributed by atoms with van der Waals surface area (Å²) in [5.74, 6) is -0.729. The first-order valence-corrected chi connectivity index (χ1v) is 5.47. The van der Waals surface area contributed by atoms with Crippen molar-refractivity contribution in [3.05, 3.63) is 0 Å². The highest BCUT2D eigenvalue weighted by atomic mass is 79.9. The lowest BCUT2D eigenvalue weighted by Gasteiger charge is -2.04. The summed E-state index contributed by atoms with van der Waals surface area (Å²) in [7, 11) is 0.862. The highest BCUT2D eigenvalue weighted by Crippen LogP contribution is 2.26. The van der Waals surface area contributed by atoms with Crippen molar-refractivity contribution < 1.29 is 17.2 Å². The highest BCUT2D eigenvalue weighted by Gasteiger charge is 2.25. The van der Waals surface area contributed by atoms with Gasteiger partial charge < -0.3 is 0 Å². The summed E-state index contributed by atoms with van der Waals surface area (Å²) in [5, 5.41) is 0. The Balaban J connectivity index is 3.79. The number of hydrogen-bond donors (Lipinski definition) is 0. The van der Waals surface area contributed by atoms with E-state index in [4.69, 9.17) is 0 Å². The Bertz CT molecular complexity index is 197. The molecule has 0 aromatic carbocycles. The van der Waals surface area contributed by atoms with Gasteiger partial charge in [0.1, 0.15) is 0 Å². The van der Waals surface area contributed by atoms with Crippen LogP contribution < -0.4 is 0 Å². The fourth-order valence-electron chi connectivity index (χ4n) is 0.238. The second kappa shape index (κ2) is 3.32. The van der Waals surface area contributed by atoms with Crippen LogP contribution in [0.4, 0.5) is 8.78 Å². The van der Waals surface area contributed by atoms with E-state index in [9.17, 15) is 17.2 Å². The molecule has 0 aliphatic carbocycles. The average molecular weight is 257 g/mol. The van der Waals surface area contributed by atoms with Gasteiger partial charge in [0.05, 0.1) is 5.75 Å². The molecule has 0 radical (unpaired) electrons. The zero-order valence-electron chi connectivity index (χ0n) is 4.65. The zero-order valence-corrected chi connectivity index (χ0v) is 7.81. The molecule has 0 amide bonds. The van der Waals surface area contributed by atoms with Gasteiger partial charge in [0.25, 0.3) is 0 Å². The molecule has 10 heavy (non-hydrogen) atoms. The molecule has 0 fully saturated rings. The third kappa shape index (κ3) is 8.58. The van der Waals surface area contributed by atoms with Crippen LogP contribution in [0.2, 0.25) is 0 Å². The van der Waals surface area contributed by atoms with Gasteiger partial charge in [0.15, 0.2) is 0 Å². The fourth-order valence-corrected chi connectivity index (χ4v) is 1.43. The predicted octanol–water partition coefficient (Wildman–Crippen LogP) is 1.93. The number of hydrogen-bond acceptors (Lipinski definition) is 2. The Hall–Kier alpha value is 0.580. The van der Waals surface area contributed by atoms with Crippen LogP contribution in [0.15, 0.2) is 0 Å². The van der Waals surface area contributed by atoms with Crippen LogP contribution in [-0.4, -0.2) is 19.0 Å². The summed E-state index contributed by atoms with van der Waals surface area (Å²) in [5.41, 5.74) is 0. The lowest BCUT2D eigenvalue weighted by molar-refractivity contribution is 0.111. The summed E-state index contributed by atoms with van der Waals surface area (Å²) in [6.07, 6.45) is -0.807. The maximum Gasteiger partial charge on any atom is 0.302 e. The molecule has 0 N–H and O–H groups in total. The summed E-state index contributed by atoms with van der Waals surface area (Å²) in [6.45, 7) is 0. The minimum atomic E-state index is -3.80. The molecule has 0 atom stereocenters. The summed E-state index contributed by atoms with van der Waals surface area (Å²) in [4.78, 5) is -3.14. The highest BCUT2D eigenvalue weighted by molar-refractivity contribution is 9.10. The molecule has 0 spiro atoms. The first-order chi connectivity index (χ1) is 4.21. The van der Waals surface area contributed by atoms with E-state index in [1.54, 1.807) is 0 Å². The van der Waals surface area contributed by atoms with Gasteiger partial charge in [0, 0.05) is 17.1 Å². The second-order valence-electron chi connectivity index (χ2n) is 1.61. The van der Waals surface area contributed by atoms with Gasteiger partial charge >= 0.3 is 4.83 Å². The molecule has 0 unspecified atom stereocenters. The third-order valence-corrected chi connectivity index (χ3v) is 2.18. The van der Waals surface area contributed by atoms with Crippen molar-refractivity contribution in [2.75, 3.05) is 5.75 Å². The van der Waals surface area contributed by atoms with Gasteiger partial charge in [-0.3, -0.25) is 0 Å². The van der Waals surface area contributed by atoms with Crippen molar-refractivity contribution in [3.63, 3.8) is 0 Å². The molecule has 0 aromatic rings. The Morgan fingerprint density at radius 3 is 2.00 bits per heavy atom. The maximum atomic E-state index is 11.8. The smallest absolute Gasteiger partial charge is 0.212 e. The van der Waals surface area contributed by atoms with E-state index >= 15 is 0 Å². The number of halogens is 4. The first-order valence-electron chi connectivity index (χ1n) is 2.20. The van der Waals surface area contributed by atoms with E-state index in [0.717, 1.165) is 0 Å². The quantitative estimate of drug-likeness (QED) is 0.572. The van der Waals surface area contributed by atoms with Gasteiger partial charge in [0.2, 0.25) is 9.05 Å². The predicted molar refractivity (Wildman–Crippen MR) is 38.1 cm³/mol.